The Hall–Kier alpha value is -4.22. The van der Waals surface area contributed by atoms with Gasteiger partial charge < -0.3 is 19.4 Å². The zero-order chi connectivity index (χ0) is 28.6. The first-order valence-electron chi connectivity index (χ1n) is 12.4. The third kappa shape index (κ3) is 5.43. The van der Waals surface area contributed by atoms with Gasteiger partial charge in [-0.2, -0.15) is 13.2 Å². The maximum atomic E-state index is 15.0. The Labute approximate surface area is 226 Å². The minimum Gasteiger partial charge on any atom is -0.469 e. The van der Waals surface area contributed by atoms with Crippen molar-refractivity contribution < 1.29 is 35.9 Å². The summed E-state index contributed by atoms with van der Waals surface area (Å²) in [5.41, 5.74) is -0.294. The molecule has 0 N–H and O–H groups in total. The molecular weight excluding hydrogens is 538 g/mol. The molecule has 210 valence electrons. The van der Waals surface area contributed by atoms with Gasteiger partial charge in [0, 0.05) is 49.2 Å². The molecule has 2 aliphatic heterocycles. The van der Waals surface area contributed by atoms with Crippen molar-refractivity contribution in [3.05, 3.63) is 89.2 Å². The lowest BCUT2D eigenvalue weighted by molar-refractivity contribution is -0.141. The number of benzene rings is 3. The molecule has 1 unspecified atom stereocenters. The lowest BCUT2D eigenvalue weighted by Crippen LogP contribution is -2.55. The van der Waals surface area contributed by atoms with Crippen LogP contribution in [0.4, 0.5) is 43.4 Å². The summed E-state index contributed by atoms with van der Waals surface area (Å²) in [6.07, 6.45) is -5.06. The number of guanidine groups is 1. The van der Waals surface area contributed by atoms with Crippen LogP contribution in [0.2, 0.25) is 0 Å². The van der Waals surface area contributed by atoms with E-state index in [9.17, 15) is 26.7 Å². The number of anilines is 2. The summed E-state index contributed by atoms with van der Waals surface area (Å²) in [6, 6.07) is 11.0. The average molecular weight is 563 g/mol. The van der Waals surface area contributed by atoms with E-state index in [1.165, 1.54) is 29.2 Å². The highest BCUT2D eigenvalue weighted by molar-refractivity contribution is 6.01. The molecule has 0 saturated carbocycles. The largest absolute Gasteiger partial charge is 0.469 e. The average Bonchev–Trinajstić information content (AvgIpc) is 2.93. The molecular formula is C28H24F6N4O2. The summed E-state index contributed by atoms with van der Waals surface area (Å²) >= 11 is 0. The molecule has 40 heavy (non-hydrogen) atoms. The van der Waals surface area contributed by atoms with Gasteiger partial charge in [-0.05, 0) is 48.5 Å². The topological polar surface area (TPSA) is 48.4 Å². The molecule has 0 spiro atoms. The molecule has 0 bridgehead atoms. The first-order chi connectivity index (χ1) is 19.0. The third-order valence-corrected chi connectivity index (χ3v) is 6.95. The van der Waals surface area contributed by atoms with E-state index < -0.39 is 41.8 Å². The molecule has 1 fully saturated rings. The normalized spacial score (nSPS) is 17.4. The molecule has 2 aliphatic rings. The van der Waals surface area contributed by atoms with Crippen LogP contribution in [0, 0.1) is 17.5 Å². The van der Waals surface area contributed by atoms with Crippen LogP contribution in [-0.2, 0) is 15.7 Å². The molecule has 5 rings (SSSR count). The highest BCUT2D eigenvalue weighted by Crippen LogP contribution is 2.43. The number of ether oxygens (including phenoxy) is 1. The Kier molecular flexibility index (Phi) is 7.35. The molecule has 0 radical (unpaired) electrons. The molecule has 1 saturated heterocycles. The van der Waals surface area contributed by atoms with Gasteiger partial charge in [0.1, 0.15) is 17.3 Å². The van der Waals surface area contributed by atoms with Crippen LogP contribution in [0.3, 0.4) is 0 Å². The highest BCUT2D eigenvalue weighted by Gasteiger charge is 2.39. The lowest BCUT2D eigenvalue weighted by atomic mass is 9.96. The number of alkyl halides is 3. The molecule has 0 amide bonds. The van der Waals surface area contributed by atoms with Crippen LogP contribution in [0.5, 0.6) is 0 Å². The van der Waals surface area contributed by atoms with Gasteiger partial charge in [-0.3, -0.25) is 4.79 Å². The minimum absolute atomic E-state index is 0.00834. The van der Waals surface area contributed by atoms with Crippen molar-refractivity contribution in [1.82, 2.24) is 4.90 Å². The number of rotatable bonds is 4. The van der Waals surface area contributed by atoms with Gasteiger partial charge in [0.05, 0.1) is 25.1 Å². The summed E-state index contributed by atoms with van der Waals surface area (Å²) in [5, 5.41) is 0. The molecule has 12 heteroatoms. The first-order valence-corrected chi connectivity index (χ1v) is 12.4. The van der Waals surface area contributed by atoms with Gasteiger partial charge in [-0.25, -0.2) is 18.2 Å². The van der Waals surface area contributed by atoms with Crippen molar-refractivity contribution in [2.45, 2.75) is 18.6 Å². The summed E-state index contributed by atoms with van der Waals surface area (Å²) in [4.78, 5) is 22.1. The first kappa shape index (κ1) is 27.4. The maximum absolute atomic E-state index is 15.0. The highest BCUT2D eigenvalue weighted by atomic mass is 19.4. The second-order valence-electron chi connectivity index (χ2n) is 9.40. The lowest BCUT2D eigenvalue weighted by Gasteiger charge is -2.45. The molecule has 3 aromatic rings. The van der Waals surface area contributed by atoms with Gasteiger partial charge >= 0.3 is 12.1 Å². The van der Waals surface area contributed by atoms with E-state index in [0.29, 0.717) is 32.2 Å². The van der Waals surface area contributed by atoms with E-state index in [0.717, 1.165) is 31.0 Å². The van der Waals surface area contributed by atoms with Crippen molar-refractivity contribution >= 4 is 29.0 Å². The van der Waals surface area contributed by atoms with Gasteiger partial charge in [-0.15, -0.1) is 0 Å². The Morgan fingerprint density at radius 3 is 2.23 bits per heavy atom. The molecule has 6 nitrogen and oxygen atoms in total. The summed E-state index contributed by atoms with van der Waals surface area (Å²) in [6.45, 7) is 1.55. The van der Waals surface area contributed by atoms with Gasteiger partial charge in [0.2, 0.25) is 5.96 Å². The zero-order valence-electron chi connectivity index (χ0n) is 21.3. The van der Waals surface area contributed by atoms with E-state index >= 15 is 4.39 Å². The molecule has 3 aromatic carbocycles. The standard InChI is InChI=1S/C28H24F6N4O2/c1-40-25(39)16-24-22-14-19(30)15-23(31)26(22)35-27(38(24)21-4-2-3-17(13-21)28(32,33)34)37-11-9-36(10-12-37)20-7-5-18(29)6-8-20/h2-8,13-15,24H,9-12,16H2,1H3. The predicted molar refractivity (Wildman–Crippen MR) is 137 cm³/mol. The zero-order valence-corrected chi connectivity index (χ0v) is 21.3. The van der Waals surface area contributed by atoms with Gasteiger partial charge in [0.25, 0.3) is 0 Å². The van der Waals surface area contributed by atoms with Crippen LogP contribution >= 0.6 is 0 Å². The fourth-order valence-electron chi connectivity index (χ4n) is 5.00. The van der Waals surface area contributed by atoms with Crippen LogP contribution in [0.15, 0.2) is 65.7 Å². The fraction of sp³-hybridized carbons (Fsp3) is 0.286. The molecule has 1 atom stereocenters. The smallest absolute Gasteiger partial charge is 0.416 e. The Balaban J connectivity index is 1.59. The van der Waals surface area contributed by atoms with Crippen molar-refractivity contribution in [2.24, 2.45) is 4.99 Å². The van der Waals surface area contributed by atoms with Crippen molar-refractivity contribution in [2.75, 3.05) is 43.1 Å². The van der Waals surface area contributed by atoms with Gasteiger partial charge in [0.15, 0.2) is 5.82 Å². The Morgan fingerprint density at radius 1 is 0.900 bits per heavy atom. The van der Waals surface area contributed by atoms with Crippen LogP contribution < -0.4 is 9.80 Å². The number of carbonyl (C=O) groups excluding carboxylic acids is 1. The number of nitrogens with zero attached hydrogens (tertiary/aromatic N) is 4. The second-order valence-corrected chi connectivity index (χ2v) is 9.40. The Morgan fingerprint density at radius 2 is 1.57 bits per heavy atom. The Bertz CT molecular complexity index is 1440. The van der Waals surface area contributed by atoms with E-state index in [1.54, 1.807) is 17.0 Å². The van der Waals surface area contributed by atoms with Crippen LogP contribution in [-0.4, -0.2) is 50.1 Å². The third-order valence-electron chi connectivity index (χ3n) is 6.95. The van der Waals surface area contributed by atoms with Gasteiger partial charge in [-0.1, -0.05) is 6.07 Å². The maximum Gasteiger partial charge on any atom is 0.416 e. The second kappa shape index (κ2) is 10.7. The molecule has 0 aliphatic carbocycles. The van der Waals surface area contributed by atoms with E-state index in [2.05, 4.69) is 4.99 Å². The number of fused-ring (bicyclic) bond motifs is 1. The van der Waals surface area contributed by atoms with E-state index in [-0.39, 0.29) is 28.7 Å². The van der Waals surface area contributed by atoms with E-state index in [4.69, 9.17) is 4.74 Å². The number of esters is 1. The molecule has 0 aromatic heterocycles. The van der Waals surface area contributed by atoms with E-state index in [1.807, 2.05) is 4.90 Å². The number of aliphatic imine (C=N–C) groups is 1. The fourth-order valence-corrected chi connectivity index (χ4v) is 5.00. The number of halogens is 6. The number of hydrogen-bond donors (Lipinski definition) is 0. The number of methoxy groups -OCH3 is 1. The van der Waals surface area contributed by atoms with Crippen LogP contribution in [0.1, 0.15) is 23.6 Å². The monoisotopic (exact) mass is 562 g/mol. The summed E-state index contributed by atoms with van der Waals surface area (Å²) < 4.78 is 88.6. The van der Waals surface area contributed by atoms with Crippen LogP contribution in [0.25, 0.3) is 0 Å². The molecule has 2 heterocycles. The quantitative estimate of drug-likeness (QED) is 0.286. The predicted octanol–water partition coefficient (Wildman–Crippen LogP) is 6.06. The van der Waals surface area contributed by atoms with Crippen molar-refractivity contribution in [1.29, 1.82) is 0 Å². The van der Waals surface area contributed by atoms with Crippen molar-refractivity contribution in [3.8, 4) is 0 Å². The number of carbonyl (C=O) groups is 1. The number of hydrogen-bond acceptors (Lipinski definition) is 6. The summed E-state index contributed by atoms with van der Waals surface area (Å²) in [5.74, 6) is -2.85. The number of piperazine rings is 1. The van der Waals surface area contributed by atoms with Crippen molar-refractivity contribution in [3.63, 3.8) is 0 Å². The minimum atomic E-state index is -4.65. The summed E-state index contributed by atoms with van der Waals surface area (Å²) in [7, 11) is 1.15. The SMILES string of the molecule is COC(=O)CC1c2cc(F)cc(F)c2N=C(N2CCN(c3ccc(F)cc3)CC2)N1c1cccc(C(F)(F)F)c1.